The van der Waals surface area contributed by atoms with E-state index in [-0.39, 0.29) is 6.61 Å². The van der Waals surface area contributed by atoms with Gasteiger partial charge in [-0.05, 0) is 6.92 Å². The molecule has 6 nitrogen and oxygen atoms in total. The highest BCUT2D eigenvalue weighted by Gasteiger charge is 2.07. The average Bonchev–Trinajstić information content (AvgIpc) is 2.28. The summed E-state index contributed by atoms with van der Waals surface area (Å²) in [5, 5.41) is 12.3. The predicted molar refractivity (Wildman–Crippen MR) is 38.2 cm³/mol. The fraction of sp³-hybridized carbons (Fsp3) is 0.600. The monoisotopic (exact) mass is 158 g/mol. The molecule has 0 fully saturated rings. The van der Waals surface area contributed by atoms with E-state index in [1.807, 2.05) is 0 Å². The third-order valence-electron chi connectivity index (χ3n) is 1.42. The molecule has 0 aromatic carbocycles. The summed E-state index contributed by atoms with van der Waals surface area (Å²) < 4.78 is 1.31. The van der Waals surface area contributed by atoms with Gasteiger partial charge in [0.15, 0.2) is 5.82 Å². The fourth-order valence-corrected chi connectivity index (χ4v) is 0.890. The maximum absolute atomic E-state index is 11.0. The minimum atomic E-state index is -0.406. The van der Waals surface area contributed by atoms with Gasteiger partial charge in [0.25, 0.3) is 0 Å². The molecule has 0 aliphatic rings. The van der Waals surface area contributed by atoms with Crippen molar-refractivity contribution in [3.63, 3.8) is 0 Å². The molecule has 62 valence electrons. The molecule has 0 aliphatic heterocycles. The van der Waals surface area contributed by atoms with Crippen LogP contribution < -0.4 is 11.5 Å². The Balaban J connectivity index is 3.27. The van der Waals surface area contributed by atoms with Crippen LogP contribution in [-0.4, -0.2) is 19.6 Å². The summed E-state index contributed by atoms with van der Waals surface area (Å²) in [6, 6.07) is 0. The molecular formula is C5H10N4O2. The fourth-order valence-electron chi connectivity index (χ4n) is 0.890. The van der Waals surface area contributed by atoms with Crippen molar-refractivity contribution in [3.8, 4) is 0 Å². The zero-order valence-electron chi connectivity index (χ0n) is 6.19. The SMILES string of the molecule is CCn1c(CO)nn(N)c1=O. The molecule has 6 heteroatoms. The first kappa shape index (κ1) is 7.80. The summed E-state index contributed by atoms with van der Waals surface area (Å²) in [4.78, 5) is 11.7. The molecule has 0 unspecified atom stereocenters. The van der Waals surface area contributed by atoms with Gasteiger partial charge in [0.1, 0.15) is 6.61 Å². The van der Waals surface area contributed by atoms with Gasteiger partial charge >= 0.3 is 5.69 Å². The quantitative estimate of drug-likeness (QED) is 0.501. The third-order valence-corrected chi connectivity index (χ3v) is 1.42. The summed E-state index contributed by atoms with van der Waals surface area (Å²) in [5.41, 5.74) is -0.406. The van der Waals surface area contributed by atoms with Gasteiger partial charge in [0.2, 0.25) is 0 Å². The van der Waals surface area contributed by atoms with Crippen LogP contribution in [-0.2, 0) is 13.2 Å². The summed E-state index contributed by atoms with van der Waals surface area (Å²) in [7, 11) is 0. The predicted octanol–water partition coefficient (Wildman–Crippen LogP) is -1.73. The number of nitrogens with zero attached hydrogens (tertiary/aromatic N) is 3. The van der Waals surface area contributed by atoms with Crippen LogP contribution >= 0.6 is 0 Å². The lowest BCUT2D eigenvalue weighted by Gasteiger charge is -1.95. The van der Waals surface area contributed by atoms with Crippen molar-refractivity contribution >= 4 is 0 Å². The molecule has 1 aromatic rings. The van der Waals surface area contributed by atoms with Crippen LogP contribution in [0.3, 0.4) is 0 Å². The largest absolute Gasteiger partial charge is 0.388 e. The normalized spacial score (nSPS) is 10.4. The number of hydrogen-bond donors (Lipinski definition) is 2. The molecule has 1 heterocycles. The van der Waals surface area contributed by atoms with E-state index >= 15 is 0 Å². The lowest BCUT2D eigenvalue weighted by molar-refractivity contribution is 0.264. The van der Waals surface area contributed by atoms with Crippen LogP contribution in [0, 0.1) is 0 Å². The Hall–Kier alpha value is -1.30. The molecular weight excluding hydrogens is 148 g/mol. The van der Waals surface area contributed by atoms with E-state index < -0.39 is 5.69 Å². The van der Waals surface area contributed by atoms with Crippen molar-refractivity contribution in [1.82, 2.24) is 14.5 Å². The molecule has 1 rings (SSSR count). The molecule has 0 amide bonds. The van der Waals surface area contributed by atoms with Gasteiger partial charge in [-0.15, -0.1) is 9.89 Å². The van der Waals surface area contributed by atoms with Crippen molar-refractivity contribution in [2.45, 2.75) is 20.1 Å². The highest BCUT2D eigenvalue weighted by Crippen LogP contribution is 1.89. The van der Waals surface area contributed by atoms with Crippen molar-refractivity contribution < 1.29 is 5.11 Å². The third kappa shape index (κ3) is 1.12. The summed E-state index contributed by atoms with van der Waals surface area (Å²) in [5.74, 6) is 5.45. The molecule has 3 N–H and O–H groups in total. The smallest absolute Gasteiger partial charge is 0.365 e. The van der Waals surface area contributed by atoms with E-state index in [2.05, 4.69) is 5.10 Å². The molecule has 0 spiro atoms. The van der Waals surface area contributed by atoms with E-state index in [0.29, 0.717) is 12.4 Å². The minimum absolute atomic E-state index is 0.271. The molecule has 11 heavy (non-hydrogen) atoms. The Bertz CT molecular complexity index is 300. The lowest BCUT2D eigenvalue weighted by atomic mass is 10.6. The summed E-state index contributed by atoms with van der Waals surface area (Å²) in [6.07, 6.45) is 0. The summed E-state index contributed by atoms with van der Waals surface area (Å²) >= 11 is 0. The van der Waals surface area contributed by atoms with Crippen LogP contribution in [0.15, 0.2) is 4.79 Å². The van der Waals surface area contributed by atoms with E-state index in [9.17, 15) is 4.79 Å². The van der Waals surface area contributed by atoms with E-state index in [1.165, 1.54) is 4.57 Å². The highest BCUT2D eigenvalue weighted by molar-refractivity contribution is 4.84. The lowest BCUT2D eigenvalue weighted by Crippen LogP contribution is -2.30. The zero-order chi connectivity index (χ0) is 8.43. The van der Waals surface area contributed by atoms with E-state index in [4.69, 9.17) is 10.9 Å². The van der Waals surface area contributed by atoms with Crippen molar-refractivity contribution in [2.75, 3.05) is 5.84 Å². The van der Waals surface area contributed by atoms with Crippen LogP contribution in [0.2, 0.25) is 0 Å². The van der Waals surface area contributed by atoms with Crippen molar-refractivity contribution in [3.05, 3.63) is 16.3 Å². The molecule has 0 bridgehead atoms. The van der Waals surface area contributed by atoms with Crippen molar-refractivity contribution in [1.29, 1.82) is 0 Å². The molecule has 1 aromatic heterocycles. The van der Waals surface area contributed by atoms with Gasteiger partial charge < -0.3 is 10.9 Å². The Morgan fingerprint density at radius 2 is 2.36 bits per heavy atom. The minimum Gasteiger partial charge on any atom is -0.388 e. The molecule has 0 radical (unpaired) electrons. The number of nitrogen functional groups attached to an aromatic ring is 1. The average molecular weight is 158 g/mol. The van der Waals surface area contributed by atoms with Gasteiger partial charge in [-0.25, -0.2) is 4.79 Å². The molecule has 0 saturated heterocycles. The molecule has 0 atom stereocenters. The first-order valence-electron chi connectivity index (χ1n) is 3.25. The second kappa shape index (κ2) is 2.75. The standard InChI is InChI=1S/C5H10N4O2/c1-2-8-4(3-10)7-9(6)5(8)11/h10H,2-3,6H2,1H3. The van der Waals surface area contributed by atoms with E-state index in [0.717, 1.165) is 4.79 Å². The van der Waals surface area contributed by atoms with Gasteiger partial charge in [0.05, 0.1) is 0 Å². The number of aliphatic hydroxyl groups excluding tert-OH is 1. The van der Waals surface area contributed by atoms with Crippen LogP contribution in [0.25, 0.3) is 0 Å². The summed E-state index contributed by atoms with van der Waals surface area (Å²) in [6.45, 7) is 1.97. The number of hydrogen-bond acceptors (Lipinski definition) is 4. The number of aromatic nitrogens is 3. The van der Waals surface area contributed by atoms with Gasteiger partial charge in [-0.3, -0.25) is 4.57 Å². The Morgan fingerprint density at radius 1 is 1.73 bits per heavy atom. The zero-order valence-corrected chi connectivity index (χ0v) is 6.19. The molecule has 0 saturated carbocycles. The number of aliphatic hydroxyl groups is 1. The maximum atomic E-state index is 11.0. The highest BCUT2D eigenvalue weighted by atomic mass is 16.3. The van der Waals surface area contributed by atoms with Gasteiger partial charge in [-0.2, -0.15) is 0 Å². The second-order valence-electron chi connectivity index (χ2n) is 2.05. The first-order valence-corrected chi connectivity index (χ1v) is 3.25. The second-order valence-corrected chi connectivity index (χ2v) is 2.05. The van der Waals surface area contributed by atoms with Crippen LogP contribution in [0.4, 0.5) is 0 Å². The maximum Gasteiger partial charge on any atom is 0.365 e. The number of rotatable bonds is 2. The first-order chi connectivity index (χ1) is 5.20. The molecule has 0 aliphatic carbocycles. The van der Waals surface area contributed by atoms with Crippen molar-refractivity contribution in [2.24, 2.45) is 0 Å². The Kier molecular flexibility index (Phi) is 1.95. The van der Waals surface area contributed by atoms with Crippen LogP contribution in [0.5, 0.6) is 0 Å². The Morgan fingerprint density at radius 3 is 2.73 bits per heavy atom. The number of nitrogens with two attached hydrogens (primary N) is 1. The Labute approximate surface area is 62.8 Å². The van der Waals surface area contributed by atoms with E-state index in [1.54, 1.807) is 6.92 Å². The van der Waals surface area contributed by atoms with Gasteiger partial charge in [-0.1, -0.05) is 0 Å². The van der Waals surface area contributed by atoms with Gasteiger partial charge in [0, 0.05) is 6.54 Å². The van der Waals surface area contributed by atoms with Crippen LogP contribution in [0.1, 0.15) is 12.7 Å². The topological polar surface area (TPSA) is 86.1 Å².